The summed E-state index contributed by atoms with van der Waals surface area (Å²) in [5, 5.41) is 8.21. The molecule has 0 rings (SSSR count). The molecule has 0 radical (unpaired) electrons. The van der Waals surface area contributed by atoms with Crippen molar-refractivity contribution < 1.29 is 0 Å². The number of nitrogens with zero attached hydrogens (tertiary/aromatic N) is 2. The highest BCUT2D eigenvalue weighted by Crippen LogP contribution is 1.89. The smallest absolute Gasteiger partial charge is 0.133 e. The Bertz CT molecular complexity index is 217. The Hall–Kier alpha value is -1.56. The molecule has 0 aliphatic heterocycles. The summed E-state index contributed by atoms with van der Waals surface area (Å²) in [5.41, 5.74) is 6.12. The van der Waals surface area contributed by atoms with Crippen LogP contribution >= 0.6 is 0 Å². The molecule has 0 heterocycles. The van der Waals surface area contributed by atoms with Crippen LogP contribution in [0.4, 0.5) is 0 Å². The zero-order valence-corrected chi connectivity index (χ0v) is 5.83. The maximum absolute atomic E-state index is 8.21. The first-order valence-corrected chi connectivity index (χ1v) is 2.72. The van der Waals surface area contributed by atoms with Gasteiger partial charge < -0.3 is 5.73 Å². The third-order valence-electron chi connectivity index (χ3n) is 0.816. The number of allylic oxidation sites excluding steroid dienone is 2. The largest absolute Gasteiger partial charge is 0.404 e. The third kappa shape index (κ3) is 3.44. The molecule has 0 aliphatic carbocycles. The maximum Gasteiger partial charge on any atom is 0.133 e. The summed E-state index contributed by atoms with van der Waals surface area (Å²) in [7, 11) is 0. The summed E-state index contributed by atoms with van der Waals surface area (Å²) in [6.45, 7) is 5.14. The van der Waals surface area contributed by atoms with Gasteiger partial charge in [-0.25, -0.2) is 4.99 Å². The first kappa shape index (κ1) is 8.44. The normalized spacial score (nSPS) is 11.4. The second-order valence-electron chi connectivity index (χ2n) is 1.73. The van der Waals surface area contributed by atoms with E-state index >= 15 is 0 Å². The summed E-state index contributed by atoms with van der Waals surface area (Å²) in [6, 6.07) is 1.78. The van der Waals surface area contributed by atoms with Crippen LogP contribution in [0.2, 0.25) is 0 Å². The van der Waals surface area contributed by atoms with E-state index in [0.717, 1.165) is 5.57 Å². The Balaban J connectivity index is 4.04. The molecule has 0 aliphatic rings. The number of nitriles is 1. The molecule has 0 unspecified atom stereocenters. The number of hydrogen-bond acceptors (Lipinski definition) is 3. The van der Waals surface area contributed by atoms with Crippen molar-refractivity contribution in [3.05, 3.63) is 24.0 Å². The Morgan fingerprint density at radius 3 is 2.80 bits per heavy atom. The topological polar surface area (TPSA) is 62.2 Å². The van der Waals surface area contributed by atoms with Crippen LogP contribution in [0, 0.1) is 11.3 Å². The van der Waals surface area contributed by atoms with Crippen molar-refractivity contribution in [3.8, 4) is 6.07 Å². The molecule has 0 aromatic carbocycles. The van der Waals surface area contributed by atoms with Crippen LogP contribution in [-0.2, 0) is 0 Å². The number of hydrogen-bond donors (Lipinski definition) is 1. The molecule has 0 fully saturated rings. The van der Waals surface area contributed by atoms with E-state index in [-0.39, 0.29) is 5.70 Å². The van der Waals surface area contributed by atoms with Crippen LogP contribution in [0.15, 0.2) is 29.0 Å². The summed E-state index contributed by atoms with van der Waals surface area (Å²) >= 11 is 0. The van der Waals surface area contributed by atoms with E-state index in [4.69, 9.17) is 11.0 Å². The van der Waals surface area contributed by atoms with E-state index in [1.165, 1.54) is 12.4 Å². The molecule has 3 nitrogen and oxygen atoms in total. The van der Waals surface area contributed by atoms with Crippen molar-refractivity contribution in [2.45, 2.75) is 6.92 Å². The Labute approximate surface area is 60.2 Å². The Morgan fingerprint density at radius 1 is 1.80 bits per heavy atom. The average Bonchev–Trinajstić information content (AvgIpc) is 1.99. The standard InChI is InChI=1S/C7H9N3/c1-6(3-8)5-10-7(2)4-9/h3,5H,2,8H2,1H3/b6-3-,10-5?. The molecule has 10 heavy (non-hydrogen) atoms. The quantitative estimate of drug-likeness (QED) is 0.452. The lowest BCUT2D eigenvalue weighted by Crippen LogP contribution is -1.85. The first-order valence-electron chi connectivity index (χ1n) is 2.72. The fourth-order valence-corrected chi connectivity index (χ4v) is 0.252. The average molecular weight is 135 g/mol. The molecule has 0 spiro atoms. The highest BCUT2D eigenvalue weighted by Gasteiger charge is 1.81. The van der Waals surface area contributed by atoms with E-state index in [1.807, 2.05) is 0 Å². The van der Waals surface area contributed by atoms with Crippen molar-refractivity contribution in [2.75, 3.05) is 0 Å². The second-order valence-corrected chi connectivity index (χ2v) is 1.73. The molecule has 52 valence electrons. The monoisotopic (exact) mass is 135 g/mol. The molecule has 2 N–H and O–H groups in total. The summed E-state index contributed by atoms with van der Waals surface area (Å²) in [4.78, 5) is 3.68. The predicted octanol–water partition coefficient (Wildman–Crippen LogP) is 0.957. The molecular weight excluding hydrogens is 126 g/mol. The summed E-state index contributed by atoms with van der Waals surface area (Å²) in [5.74, 6) is 0. The van der Waals surface area contributed by atoms with Crippen molar-refractivity contribution in [2.24, 2.45) is 10.7 Å². The van der Waals surface area contributed by atoms with Crippen LogP contribution in [0.3, 0.4) is 0 Å². The van der Waals surface area contributed by atoms with Crippen molar-refractivity contribution >= 4 is 6.21 Å². The zero-order valence-electron chi connectivity index (χ0n) is 5.83. The first-order chi connectivity index (χ1) is 4.70. The van der Waals surface area contributed by atoms with Gasteiger partial charge in [0, 0.05) is 6.21 Å². The van der Waals surface area contributed by atoms with Gasteiger partial charge in [0.1, 0.15) is 11.8 Å². The molecule has 0 saturated heterocycles. The number of aliphatic imine (C=N–C) groups is 1. The van der Waals surface area contributed by atoms with Crippen molar-refractivity contribution in [1.82, 2.24) is 0 Å². The highest BCUT2D eigenvalue weighted by atomic mass is 14.7. The highest BCUT2D eigenvalue weighted by molar-refractivity contribution is 5.78. The zero-order chi connectivity index (χ0) is 7.98. The summed E-state index contributed by atoms with van der Waals surface area (Å²) in [6.07, 6.45) is 2.90. The van der Waals surface area contributed by atoms with E-state index in [1.54, 1.807) is 13.0 Å². The van der Waals surface area contributed by atoms with Crippen LogP contribution in [0.5, 0.6) is 0 Å². The minimum absolute atomic E-state index is 0.182. The minimum atomic E-state index is 0.182. The van der Waals surface area contributed by atoms with Crippen LogP contribution < -0.4 is 5.73 Å². The lowest BCUT2D eigenvalue weighted by Gasteiger charge is -1.85. The predicted molar refractivity (Wildman–Crippen MR) is 41.2 cm³/mol. The third-order valence-corrected chi connectivity index (χ3v) is 0.816. The van der Waals surface area contributed by atoms with E-state index in [9.17, 15) is 0 Å². The van der Waals surface area contributed by atoms with Gasteiger partial charge in [0.05, 0.1) is 0 Å². The van der Waals surface area contributed by atoms with Gasteiger partial charge in [-0.05, 0) is 18.7 Å². The van der Waals surface area contributed by atoms with Gasteiger partial charge in [0.2, 0.25) is 0 Å². The number of rotatable bonds is 2. The molecule has 0 amide bonds. The summed E-state index contributed by atoms with van der Waals surface area (Å²) < 4.78 is 0. The molecular formula is C7H9N3. The SMILES string of the molecule is C=C(C#N)N=C/C(C)=C\N. The van der Waals surface area contributed by atoms with Gasteiger partial charge in [-0.3, -0.25) is 0 Å². The van der Waals surface area contributed by atoms with Crippen LogP contribution in [0.1, 0.15) is 6.92 Å². The number of nitrogens with two attached hydrogens (primary N) is 1. The molecule has 0 aromatic rings. The Morgan fingerprint density at radius 2 is 2.40 bits per heavy atom. The molecule has 0 saturated carbocycles. The van der Waals surface area contributed by atoms with Gasteiger partial charge in [-0.15, -0.1) is 0 Å². The van der Waals surface area contributed by atoms with Gasteiger partial charge in [0.25, 0.3) is 0 Å². The van der Waals surface area contributed by atoms with Gasteiger partial charge >= 0.3 is 0 Å². The van der Waals surface area contributed by atoms with Crippen LogP contribution in [0.25, 0.3) is 0 Å². The lowest BCUT2D eigenvalue weighted by atomic mass is 10.4. The van der Waals surface area contributed by atoms with Gasteiger partial charge in [-0.2, -0.15) is 5.26 Å². The molecule has 0 atom stereocenters. The minimum Gasteiger partial charge on any atom is -0.404 e. The second kappa shape index (κ2) is 4.33. The molecule has 0 bridgehead atoms. The van der Waals surface area contributed by atoms with E-state index in [2.05, 4.69) is 11.6 Å². The van der Waals surface area contributed by atoms with Crippen molar-refractivity contribution in [3.63, 3.8) is 0 Å². The fraction of sp³-hybridized carbons (Fsp3) is 0.143. The van der Waals surface area contributed by atoms with Gasteiger partial charge in [0.15, 0.2) is 0 Å². The van der Waals surface area contributed by atoms with Crippen LogP contribution in [-0.4, -0.2) is 6.21 Å². The van der Waals surface area contributed by atoms with Gasteiger partial charge in [-0.1, -0.05) is 6.58 Å². The van der Waals surface area contributed by atoms with E-state index < -0.39 is 0 Å². The molecule has 3 heteroatoms. The maximum atomic E-state index is 8.21. The Kier molecular flexibility index (Phi) is 3.66. The van der Waals surface area contributed by atoms with Crippen molar-refractivity contribution in [1.29, 1.82) is 5.26 Å². The lowest BCUT2D eigenvalue weighted by molar-refractivity contribution is 1.39. The molecule has 0 aromatic heterocycles. The fourth-order valence-electron chi connectivity index (χ4n) is 0.252. The van der Waals surface area contributed by atoms with E-state index in [0.29, 0.717) is 0 Å².